The second-order valence-corrected chi connectivity index (χ2v) is 3.14. The molecule has 0 atom stereocenters. The van der Waals surface area contributed by atoms with E-state index in [4.69, 9.17) is 0 Å². The highest BCUT2D eigenvalue weighted by Crippen LogP contribution is 2.10. The number of rotatable bonds is 3. The van der Waals surface area contributed by atoms with Crippen LogP contribution in [0.15, 0.2) is 30.4 Å². The fourth-order valence-electron chi connectivity index (χ4n) is 1.07. The topological polar surface area (TPSA) is 17.1 Å². The zero-order valence-electron chi connectivity index (χ0n) is 8.38. The Kier molecular flexibility index (Phi) is 3.57. The van der Waals surface area contributed by atoms with Gasteiger partial charge in [0.15, 0.2) is 5.78 Å². The van der Waals surface area contributed by atoms with Gasteiger partial charge in [0.2, 0.25) is 0 Å². The summed E-state index contributed by atoms with van der Waals surface area (Å²) in [6, 6.07) is 4.53. The van der Waals surface area contributed by atoms with Crippen LogP contribution in [0.5, 0.6) is 0 Å². The summed E-state index contributed by atoms with van der Waals surface area (Å²) in [7, 11) is 0. The third-order valence-electron chi connectivity index (χ3n) is 1.96. The van der Waals surface area contributed by atoms with E-state index < -0.39 is 0 Å². The fraction of sp³-hybridized carbons (Fsp3) is 0.250. The lowest BCUT2D eigenvalue weighted by atomic mass is 10.1. The number of carbonyl (C=O) groups excluding carboxylic acids is 1. The van der Waals surface area contributed by atoms with Gasteiger partial charge in [0.1, 0.15) is 5.82 Å². The second kappa shape index (κ2) is 4.70. The molecule has 1 aromatic rings. The van der Waals surface area contributed by atoms with Gasteiger partial charge in [-0.05, 0) is 31.1 Å². The number of hydrogen-bond acceptors (Lipinski definition) is 1. The molecule has 14 heavy (non-hydrogen) atoms. The number of benzene rings is 1. The molecule has 74 valence electrons. The molecule has 0 unspecified atom stereocenters. The lowest BCUT2D eigenvalue weighted by Gasteiger charge is -1.98. The number of hydrogen-bond donors (Lipinski definition) is 0. The maximum absolute atomic E-state index is 13.1. The first-order chi connectivity index (χ1) is 6.65. The summed E-state index contributed by atoms with van der Waals surface area (Å²) >= 11 is 0. The lowest BCUT2D eigenvalue weighted by Crippen LogP contribution is -1.96. The number of carbonyl (C=O) groups is 1. The molecule has 0 aromatic heterocycles. The van der Waals surface area contributed by atoms with Gasteiger partial charge in [0.25, 0.3) is 0 Å². The summed E-state index contributed by atoms with van der Waals surface area (Å²) < 4.78 is 13.1. The van der Waals surface area contributed by atoms with Gasteiger partial charge in [0.05, 0.1) is 0 Å². The van der Waals surface area contributed by atoms with Crippen molar-refractivity contribution in [2.24, 2.45) is 0 Å². The van der Waals surface area contributed by atoms with E-state index in [1.54, 1.807) is 25.1 Å². The van der Waals surface area contributed by atoms with E-state index in [1.165, 1.54) is 12.1 Å². The molecule has 0 aliphatic carbocycles. The lowest BCUT2D eigenvalue weighted by molar-refractivity contribution is 0.104. The molecular formula is C12H13FO. The fourth-order valence-corrected chi connectivity index (χ4v) is 1.07. The van der Waals surface area contributed by atoms with Crippen molar-refractivity contribution in [3.8, 4) is 0 Å². The van der Waals surface area contributed by atoms with Crippen LogP contribution in [-0.2, 0) is 0 Å². The summed E-state index contributed by atoms with van der Waals surface area (Å²) in [5.74, 6) is -0.480. The molecule has 1 rings (SSSR count). The van der Waals surface area contributed by atoms with E-state index in [-0.39, 0.29) is 11.6 Å². The molecule has 1 aromatic carbocycles. The van der Waals surface area contributed by atoms with Gasteiger partial charge in [0, 0.05) is 5.56 Å². The van der Waals surface area contributed by atoms with Gasteiger partial charge in [-0.3, -0.25) is 4.79 Å². The first-order valence-electron chi connectivity index (χ1n) is 4.62. The van der Waals surface area contributed by atoms with Crippen LogP contribution in [0.4, 0.5) is 4.39 Å². The van der Waals surface area contributed by atoms with Crippen molar-refractivity contribution in [1.82, 2.24) is 0 Å². The zero-order chi connectivity index (χ0) is 10.6. The van der Waals surface area contributed by atoms with Crippen LogP contribution in [0.25, 0.3) is 0 Å². The molecule has 0 amide bonds. The number of halogens is 1. The first-order valence-corrected chi connectivity index (χ1v) is 4.62. The smallest absolute Gasteiger partial charge is 0.185 e. The van der Waals surface area contributed by atoms with E-state index in [1.807, 2.05) is 6.92 Å². The average Bonchev–Trinajstić information content (AvgIpc) is 2.18. The molecule has 0 heterocycles. The Hall–Kier alpha value is -1.44. The quantitative estimate of drug-likeness (QED) is 0.530. The number of aryl methyl sites for hydroxylation is 1. The highest BCUT2D eigenvalue weighted by Gasteiger charge is 2.04. The minimum atomic E-state index is -0.333. The van der Waals surface area contributed by atoms with E-state index in [9.17, 15) is 9.18 Å². The Labute approximate surface area is 83.3 Å². The van der Waals surface area contributed by atoms with Gasteiger partial charge in [-0.1, -0.05) is 25.1 Å². The van der Waals surface area contributed by atoms with Crippen LogP contribution in [0.2, 0.25) is 0 Å². The van der Waals surface area contributed by atoms with Gasteiger partial charge < -0.3 is 0 Å². The average molecular weight is 192 g/mol. The van der Waals surface area contributed by atoms with E-state index in [2.05, 4.69) is 0 Å². The standard InChI is InChI=1S/C12H13FO/c1-3-4-5-12(14)10-7-6-9(2)11(13)8-10/h4-8H,3H2,1-2H3/b5-4-. The SMILES string of the molecule is CC/C=C\C(=O)c1ccc(C)c(F)c1. The molecule has 0 N–H and O–H groups in total. The first kappa shape index (κ1) is 10.6. The third-order valence-corrected chi connectivity index (χ3v) is 1.96. The van der Waals surface area contributed by atoms with Crippen molar-refractivity contribution in [3.05, 3.63) is 47.3 Å². The molecule has 0 bridgehead atoms. The van der Waals surface area contributed by atoms with Crippen molar-refractivity contribution >= 4 is 5.78 Å². The minimum absolute atomic E-state index is 0.147. The van der Waals surface area contributed by atoms with Crippen molar-refractivity contribution in [2.75, 3.05) is 0 Å². The Bertz CT molecular complexity index is 367. The molecule has 2 heteroatoms. The highest BCUT2D eigenvalue weighted by molar-refractivity contribution is 6.04. The van der Waals surface area contributed by atoms with E-state index in [0.717, 1.165) is 6.42 Å². The molecule has 0 spiro atoms. The zero-order valence-corrected chi connectivity index (χ0v) is 8.38. The molecular weight excluding hydrogens is 179 g/mol. The maximum atomic E-state index is 13.1. The molecule has 0 aliphatic heterocycles. The Morgan fingerprint density at radius 1 is 1.50 bits per heavy atom. The van der Waals surface area contributed by atoms with Crippen molar-refractivity contribution in [1.29, 1.82) is 0 Å². The Morgan fingerprint density at radius 3 is 2.79 bits per heavy atom. The van der Waals surface area contributed by atoms with Crippen molar-refractivity contribution in [3.63, 3.8) is 0 Å². The van der Waals surface area contributed by atoms with Crippen LogP contribution in [-0.4, -0.2) is 5.78 Å². The second-order valence-electron chi connectivity index (χ2n) is 3.14. The Balaban J connectivity index is 2.91. The predicted octanol–water partition coefficient (Wildman–Crippen LogP) is 3.28. The molecule has 0 radical (unpaired) electrons. The number of ketones is 1. The van der Waals surface area contributed by atoms with Crippen LogP contribution in [0.3, 0.4) is 0 Å². The summed E-state index contributed by atoms with van der Waals surface area (Å²) in [6.45, 7) is 3.62. The normalized spacial score (nSPS) is 10.8. The van der Waals surface area contributed by atoms with Crippen LogP contribution >= 0.6 is 0 Å². The molecule has 0 aliphatic rings. The van der Waals surface area contributed by atoms with Gasteiger partial charge in [-0.2, -0.15) is 0 Å². The summed E-state index contributed by atoms with van der Waals surface area (Å²) in [4.78, 5) is 11.4. The van der Waals surface area contributed by atoms with Gasteiger partial charge in [-0.15, -0.1) is 0 Å². The van der Waals surface area contributed by atoms with Crippen LogP contribution < -0.4 is 0 Å². The number of allylic oxidation sites excluding steroid dienone is 2. The summed E-state index contributed by atoms with van der Waals surface area (Å²) in [5.41, 5.74) is 0.957. The molecule has 0 saturated heterocycles. The van der Waals surface area contributed by atoms with Crippen LogP contribution in [0.1, 0.15) is 29.3 Å². The van der Waals surface area contributed by atoms with E-state index >= 15 is 0 Å². The Morgan fingerprint density at radius 2 is 2.21 bits per heavy atom. The predicted molar refractivity (Wildman–Crippen MR) is 54.9 cm³/mol. The van der Waals surface area contributed by atoms with Gasteiger partial charge >= 0.3 is 0 Å². The summed E-state index contributed by atoms with van der Waals surface area (Å²) in [5, 5.41) is 0. The monoisotopic (exact) mass is 192 g/mol. The molecule has 0 fully saturated rings. The third kappa shape index (κ3) is 2.52. The largest absolute Gasteiger partial charge is 0.289 e. The summed E-state index contributed by atoms with van der Waals surface area (Å²) in [6.07, 6.45) is 4.05. The molecule has 0 saturated carbocycles. The van der Waals surface area contributed by atoms with Crippen molar-refractivity contribution in [2.45, 2.75) is 20.3 Å². The van der Waals surface area contributed by atoms with Crippen LogP contribution in [0, 0.1) is 12.7 Å². The minimum Gasteiger partial charge on any atom is -0.289 e. The maximum Gasteiger partial charge on any atom is 0.185 e. The van der Waals surface area contributed by atoms with Crippen molar-refractivity contribution < 1.29 is 9.18 Å². The van der Waals surface area contributed by atoms with E-state index in [0.29, 0.717) is 11.1 Å². The highest BCUT2D eigenvalue weighted by atomic mass is 19.1. The molecule has 1 nitrogen and oxygen atoms in total. The van der Waals surface area contributed by atoms with Gasteiger partial charge in [-0.25, -0.2) is 4.39 Å².